The standard InChI is InChI=1S/C12H20/c1-5-8-12(4)10-7-9-11(3)6-2/h5,8-10H,6-7H2,1-4H3. The lowest BCUT2D eigenvalue weighted by molar-refractivity contribution is 1.08. The van der Waals surface area contributed by atoms with Gasteiger partial charge < -0.3 is 0 Å². The molecule has 0 aliphatic rings. The predicted molar refractivity (Wildman–Crippen MR) is 57.2 cm³/mol. The first kappa shape index (κ1) is 11.2. The zero-order valence-corrected chi connectivity index (χ0v) is 8.72. The van der Waals surface area contributed by atoms with Crippen LogP contribution in [0.2, 0.25) is 0 Å². The van der Waals surface area contributed by atoms with E-state index in [1.807, 2.05) is 6.92 Å². The minimum absolute atomic E-state index is 1.07. The fraction of sp³-hybridized carbons (Fsp3) is 0.500. The van der Waals surface area contributed by atoms with Gasteiger partial charge in [-0.05, 0) is 33.6 Å². The van der Waals surface area contributed by atoms with E-state index >= 15 is 0 Å². The van der Waals surface area contributed by atoms with Crippen molar-refractivity contribution in [2.75, 3.05) is 0 Å². The first-order chi connectivity index (χ1) is 5.70. The molecule has 0 atom stereocenters. The third-order valence-electron chi connectivity index (χ3n) is 1.89. The molecule has 0 aliphatic heterocycles. The number of rotatable bonds is 4. The highest BCUT2D eigenvalue weighted by Gasteiger charge is 1.82. The van der Waals surface area contributed by atoms with Crippen LogP contribution in [0.5, 0.6) is 0 Å². The van der Waals surface area contributed by atoms with E-state index < -0.39 is 0 Å². The first-order valence-electron chi connectivity index (χ1n) is 4.65. The van der Waals surface area contributed by atoms with Crippen molar-refractivity contribution in [3.05, 3.63) is 35.5 Å². The van der Waals surface area contributed by atoms with Crippen LogP contribution in [0.4, 0.5) is 0 Å². The van der Waals surface area contributed by atoms with Gasteiger partial charge in [-0.2, -0.15) is 0 Å². The summed E-state index contributed by atoms with van der Waals surface area (Å²) in [5.74, 6) is 0. The van der Waals surface area contributed by atoms with E-state index in [0.29, 0.717) is 0 Å². The van der Waals surface area contributed by atoms with Crippen LogP contribution in [0, 0.1) is 0 Å². The van der Waals surface area contributed by atoms with E-state index in [-0.39, 0.29) is 0 Å². The van der Waals surface area contributed by atoms with E-state index in [0.717, 1.165) is 12.8 Å². The minimum atomic E-state index is 1.07. The number of allylic oxidation sites excluding steroid dienone is 6. The number of hydrogen-bond donors (Lipinski definition) is 0. The lowest BCUT2D eigenvalue weighted by Gasteiger charge is -1.93. The van der Waals surface area contributed by atoms with Crippen LogP contribution in [0.3, 0.4) is 0 Å². The molecule has 0 heteroatoms. The van der Waals surface area contributed by atoms with Crippen molar-refractivity contribution in [1.82, 2.24) is 0 Å². The molecule has 0 nitrogen and oxygen atoms in total. The van der Waals surface area contributed by atoms with Gasteiger partial charge >= 0.3 is 0 Å². The Morgan fingerprint density at radius 1 is 1.17 bits per heavy atom. The fourth-order valence-electron chi connectivity index (χ4n) is 0.921. The number of hydrogen-bond acceptors (Lipinski definition) is 0. The second-order valence-corrected chi connectivity index (χ2v) is 3.09. The smallest absolute Gasteiger partial charge is 0.0161 e. The first-order valence-corrected chi connectivity index (χ1v) is 4.65. The van der Waals surface area contributed by atoms with E-state index in [1.54, 1.807) is 0 Å². The van der Waals surface area contributed by atoms with Crippen LogP contribution < -0.4 is 0 Å². The molecule has 0 fully saturated rings. The Balaban J connectivity index is 3.88. The summed E-state index contributed by atoms with van der Waals surface area (Å²) in [6, 6.07) is 0. The van der Waals surface area contributed by atoms with E-state index in [1.165, 1.54) is 11.1 Å². The highest BCUT2D eigenvalue weighted by Crippen LogP contribution is 2.03. The molecule has 0 aromatic heterocycles. The van der Waals surface area contributed by atoms with Gasteiger partial charge in [0, 0.05) is 0 Å². The average molecular weight is 164 g/mol. The Bertz CT molecular complexity index is 192. The molecule has 68 valence electrons. The Morgan fingerprint density at radius 3 is 2.33 bits per heavy atom. The van der Waals surface area contributed by atoms with Gasteiger partial charge in [-0.3, -0.25) is 0 Å². The van der Waals surface area contributed by atoms with Gasteiger partial charge in [0.05, 0.1) is 0 Å². The fourth-order valence-corrected chi connectivity index (χ4v) is 0.921. The van der Waals surface area contributed by atoms with Crippen LogP contribution in [-0.4, -0.2) is 0 Å². The summed E-state index contributed by atoms with van der Waals surface area (Å²) in [7, 11) is 0. The molecule has 0 aliphatic carbocycles. The summed E-state index contributed by atoms with van der Waals surface area (Å²) in [4.78, 5) is 0. The Morgan fingerprint density at radius 2 is 1.83 bits per heavy atom. The Labute approximate surface area is 76.7 Å². The quantitative estimate of drug-likeness (QED) is 0.430. The van der Waals surface area contributed by atoms with Crippen molar-refractivity contribution >= 4 is 0 Å². The average Bonchev–Trinajstić information content (AvgIpc) is 2.04. The third kappa shape index (κ3) is 5.96. The highest BCUT2D eigenvalue weighted by molar-refractivity contribution is 5.16. The summed E-state index contributed by atoms with van der Waals surface area (Å²) in [5.41, 5.74) is 2.82. The van der Waals surface area contributed by atoms with Crippen LogP contribution in [0.1, 0.15) is 40.5 Å². The van der Waals surface area contributed by atoms with Gasteiger partial charge in [0.1, 0.15) is 0 Å². The molecule has 0 N–H and O–H groups in total. The molecule has 0 radical (unpaired) electrons. The van der Waals surface area contributed by atoms with Crippen LogP contribution in [0.25, 0.3) is 0 Å². The van der Waals surface area contributed by atoms with Crippen LogP contribution in [-0.2, 0) is 0 Å². The largest absolute Gasteiger partial charge is 0.0874 e. The summed E-state index contributed by atoms with van der Waals surface area (Å²) < 4.78 is 0. The van der Waals surface area contributed by atoms with Crippen molar-refractivity contribution in [2.45, 2.75) is 40.5 Å². The molecule has 0 saturated heterocycles. The van der Waals surface area contributed by atoms with Gasteiger partial charge in [0.2, 0.25) is 0 Å². The lowest BCUT2D eigenvalue weighted by Crippen LogP contribution is -1.72. The molecule has 0 unspecified atom stereocenters. The van der Waals surface area contributed by atoms with Gasteiger partial charge in [-0.15, -0.1) is 0 Å². The summed E-state index contributed by atoms with van der Waals surface area (Å²) >= 11 is 0. The topological polar surface area (TPSA) is 0 Å². The molecular weight excluding hydrogens is 144 g/mol. The van der Waals surface area contributed by atoms with Crippen molar-refractivity contribution < 1.29 is 0 Å². The Kier molecular flexibility index (Phi) is 6.45. The lowest BCUT2D eigenvalue weighted by atomic mass is 10.1. The zero-order valence-electron chi connectivity index (χ0n) is 8.72. The molecule has 0 saturated carbocycles. The molecule has 0 heterocycles. The predicted octanol–water partition coefficient (Wildman–Crippen LogP) is 4.26. The van der Waals surface area contributed by atoms with Gasteiger partial charge in [0.25, 0.3) is 0 Å². The summed E-state index contributed by atoms with van der Waals surface area (Å²) in [6.07, 6.45) is 11.0. The van der Waals surface area contributed by atoms with Crippen LogP contribution >= 0.6 is 0 Å². The second kappa shape index (κ2) is 6.90. The van der Waals surface area contributed by atoms with Crippen LogP contribution in [0.15, 0.2) is 35.5 Å². The minimum Gasteiger partial charge on any atom is -0.0874 e. The van der Waals surface area contributed by atoms with Crippen molar-refractivity contribution in [3.8, 4) is 0 Å². The van der Waals surface area contributed by atoms with Crippen molar-refractivity contribution in [2.24, 2.45) is 0 Å². The van der Waals surface area contributed by atoms with Crippen molar-refractivity contribution in [1.29, 1.82) is 0 Å². The molecule has 0 bridgehead atoms. The SMILES string of the molecule is CC=CC(C)=CCC=C(C)CC. The normalized spacial score (nSPS) is 14.3. The molecule has 0 aromatic carbocycles. The van der Waals surface area contributed by atoms with Gasteiger partial charge in [0.15, 0.2) is 0 Å². The zero-order chi connectivity index (χ0) is 9.40. The van der Waals surface area contributed by atoms with E-state index in [9.17, 15) is 0 Å². The second-order valence-electron chi connectivity index (χ2n) is 3.09. The molecule has 12 heavy (non-hydrogen) atoms. The summed E-state index contributed by atoms with van der Waals surface area (Å²) in [6.45, 7) is 8.55. The monoisotopic (exact) mass is 164 g/mol. The molecular formula is C12H20. The molecule has 0 aromatic rings. The Hall–Kier alpha value is -0.780. The van der Waals surface area contributed by atoms with Crippen molar-refractivity contribution in [3.63, 3.8) is 0 Å². The highest BCUT2D eigenvalue weighted by atomic mass is 13.9. The van der Waals surface area contributed by atoms with E-state index in [4.69, 9.17) is 0 Å². The van der Waals surface area contributed by atoms with Gasteiger partial charge in [-0.25, -0.2) is 0 Å². The maximum atomic E-state index is 2.28. The summed E-state index contributed by atoms with van der Waals surface area (Å²) in [5, 5.41) is 0. The molecule has 0 amide bonds. The molecule has 0 spiro atoms. The third-order valence-corrected chi connectivity index (χ3v) is 1.89. The molecule has 0 rings (SSSR count). The maximum Gasteiger partial charge on any atom is -0.0161 e. The van der Waals surface area contributed by atoms with Gasteiger partial charge in [-0.1, -0.05) is 42.4 Å². The maximum absolute atomic E-state index is 2.28. The van der Waals surface area contributed by atoms with E-state index in [2.05, 4.69) is 45.1 Å².